The highest BCUT2D eigenvalue weighted by Crippen LogP contribution is 2.35. The van der Waals surface area contributed by atoms with E-state index in [4.69, 9.17) is 0 Å². The number of nitrogens with zero attached hydrogens (tertiary/aromatic N) is 3. The van der Waals surface area contributed by atoms with E-state index < -0.39 is 36.3 Å². The first-order valence-electron chi connectivity index (χ1n) is 10.7. The summed E-state index contributed by atoms with van der Waals surface area (Å²) >= 11 is 0. The number of nitro groups is 1. The Morgan fingerprint density at radius 3 is 1.50 bits per heavy atom. The molecule has 5 nitrogen and oxygen atoms in total. The third kappa shape index (κ3) is 7.12. The average molecular weight is 511 g/mol. The number of nitro benzene ring substituents is 1. The first-order chi connectivity index (χ1) is 16.7. The van der Waals surface area contributed by atoms with Gasteiger partial charge in [-0.05, 0) is 41.0 Å². The largest absolute Gasteiger partial charge is 0.405 e. The maximum atomic E-state index is 12.8. The molecule has 0 unspecified atom stereocenters. The molecule has 0 amide bonds. The molecule has 3 rings (SSSR count). The number of alkyl halides is 6. The van der Waals surface area contributed by atoms with Crippen molar-refractivity contribution in [3.63, 3.8) is 0 Å². The summed E-state index contributed by atoms with van der Waals surface area (Å²) in [6, 6.07) is 18.6. The van der Waals surface area contributed by atoms with Gasteiger partial charge in [0, 0.05) is 43.5 Å². The summed E-state index contributed by atoms with van der Waals surface area (Å²) < 4.78 is 76.6. The summed E-state index contributed by atoms with van der Waals surface area (Å²) in [4.78, 5) is 12.9. The van der Waals surface area contributed by atoms with Crippen molar-refractivity contribution in [3.05, 3.63) is 99.6 Å². The molecule has 0 spiro atoms. The van der Waals surface area contributed by atoms with Gasteiger partial charge < -0.3 is 9.80 Å². The maximum absolute atomic E-state index is 12.8. The second-order valence-corrected chi connectivity index (χ2v) is 8.41. The van der Waals surface area contributed by atoms with Crippen molar-refractivity contribution in [2.24, 2.45) is 0 Å². The fourth-order valence-corrected chi connectivity index (χ4v) is 3.96. The third-order valence-electron chi connectivity index (χ3n) is 5.58. The number of halogens is 6. The van der Waals surface area contributed by atoms with E-state index in [1.165, 1.54) is 56.6 Å². The Hall–Kier alpha value is -3.76. The number of hydrogen-bond acceptors (Lipinski definition) is 4. The van der Waals surface area contributed by atoms with Crippen molar-refractivity contribution in [1.29, 1.82) is 0 Å². The van der Waals surface area contributed by atoms with Gasteiger partial charge in [-0.15, -0.1) is 0 Å². The fourth-order valence-electron chi connectivity index (χ4n) is 3.96. The molecule has 0 aliphatic heterocycles. The van der Waals surface area contributed by atoms with Gasteiger partial charge >= 0.3 is 12.4 Å². The number of anilines is 2. The number of non-ortho nitro benzene ring substituents is 1. The zero-order valence-corrected chi connectivity index (χ0v) is 19.3. The molecular weight excluding hydrogens is 488 g/mol. The Morgan fingerprint density at radius 2 is 1.14 bits per heavy atom. The van der Waals surface area contributed by atoms with Crippen LogP contribution in [0.25, 0.3) is 0 Å². The summed E-state index contributed by atoms with van der Waals surface area (Å²) in [7, 11) is 2.63. The Labute approximate surface area is 203 Å². The van der Waals surface area contributed by atoms with Crippen LogP contribution in [0.4, 0.5) is 43.4 Å². The zero-order chi connectivity index (χ0) is 26.7. The first-order valence-corrected chi connectivity index (χ1v) is 10.7. The predicted molar refractivity (Wildman–Crippen MR) is 126 cm³/mol. The number of hydrogen-bond donors (Lipinski definition) is 0. The van der Waals surface area contributed by atoms with Crippen LogP contribution >= 0.6 is 0 Å². The van der Waals surface area contributed by atoms with Crippen LogP contribution in [-0.2, 0) is 0 Å². The Bertz CT molecular complexity index is 1110. The Morgan fingerprint density at radius 1 is 0.722 bits per heavy atom. The van der Waals surface area contributed by atoms with Crippen LogP contribution in [0.5, 0.6) is 0 Å². The van der Waals surface area contributed by atoms with Crippen LogP contribution in [-0.4, -0.2) is 44.5 Å². The minimum absolute atomic E-state index is 0.138. The molecule has 0 fully saturated rings. The minimum Gasteiger partial charge on any atom is -0.366 e. The Balaban J connectivity index is 2.00. The van der Waals surface area contributed by atoms with Gasteiger partial charge in [-0.25, -0.2) is 0 Å². The monoisotopic (exact) mass is 511 g/mol. The molecule has 3 aromatic rings. The van der Waals surface area contributed by atoms with Gasteiger partial charge in [-0.1, -0.05) is 36.4 Å². The Kier molecular flexibility index (Phi) is 7.80. The molecule has 0 saturated carbocycles. The molecule has 0 radical (unpaired) electrons. The third-order valence-corrected chi connectivity index (χ3v) is 5.58. The first kappa shape index (κ1) is 26.8. The molecule has 192 valence electrons. The van der Waals surface area contributed by atoms with Gasteiger partial charge in [0.15, 0.2) is 0 Å². The number of rotatable bonds is 8. The van der Waals surface area contributed by atoms with E-state index in [1.54, 1.807) is 30.3 Å². The molecule has 0 aliphatic rings. The quantitative estimate of drug-likeness (QED) is 0.145. The van der Waals surface area contributed by atoms with Crippen molar-refractivity contribution >= 4 is 17.1 Å². The lowest BCUT2D eigenvalue weighted by Crippen LogP contribution is -2.30. The normalized spacial score (nSPS) is 12.0. The van der Waals surface area contributed by atoms with E-state index in [0.717, 1.165) is 9.80 Å². The van der Waals surface area contributed by atoms with E-state index in [2.05, 4.69) is 0 Å². The molecule has 0 atom stereocenters. The SMILES string of the molecule is CN(CC(F)(F)F)c1ccc(C(c2ccc(N(C)CC(F)(F)F)cc2)c2cccc([N+](=O)[O-])c2)cc1. The molecule has 0 bridgehead atoms. The van der Waals surface area contributed by atoms with Crippen LogP contribution in [0.15, 0.2) is 72.8 Å². The van der Waals surface area contributed by atoms with Gasteiger partial charge in [0.05, 0.1) is 4.92 Å². The van der Waals surface area contributed by atoms with Gasteiger partial charge in [0.25, 0.3) is 5.69 Å². The van der Waals surface area contributed by atoms with E-state index in [0.29, 0.717) is 28.1 Å². The standard InChI is InChI=1S/C25H23F6N3O2/c1-32(15-24(26,27)28)20-10-6-17(7-11-20)23(19-4-3-5-22(14-19)34(35)36)18-8-12-21(13-9-18)33(2)16-25(29,30)31/h3-14,23H,15-16H2,1-2H3. The van der Waals surface area contributed by atoms with Crippen LogP contribution in [0, 0.1) is 10.1 Å². The second kappa shape index (κ2) is 10.5. The van der Waals surface area contributed by atoms with Crippen LogP contribution in [0.2, 0.25) is 0 Å². The smallest absolute Gasteiger partial charge is 0.366 e. The molecular formula is C25H23F6N3O2. The highest BCUT2D eigenvalue weighted by molar-refractivity contribution is 5.55. The highest BCUT2D eigenvalue weighted by atomic mass is 19.4. The summed E-state index contributed by atoms with van der Waals surface area (Å²) in [6.45, 7) is -2.26. The molecule has 0 saturated heterocycles. The van der Waals surface area contributed by atoms with Crippen LogP contribution in [0.3, 0.4) is 0 Å². The maximum Gasteiger partial charge on any atom is 0.405 e. The molecule has 11 heteroatoms. The van der Waals surface area contributed by atoms with Crippen molar-refractivity contribution in [1.82, 2.24) is 0 Å². The summed E-state index contributed by atoms with van der Waals surface area (Å²) in [5.41, 5.74) is 2.38. The molecule has 36 heavy (non-hydrogen) atoms. The highest BCUT2D eigenvalue weighted by Gasteiger charge is 2.30. The van der Waals surface area contributed by atoms with Gasteiger partial charge in [-0.3, -0.25) is 10.1 Å². The topological polar surface area (TPSA) is 49.6 Å². The molecule has 0 aromatic heterocycles. The van der Waals surface area contributed by atoms with Crippen LogP contribution in [0.1, 0.15) is 22.6 Å². The lowest BCUT2D eigenvalue weighted by molar-refractivity contribution is -0.384. The summed E-state index contributed by atoms with van der Waals surface area (Å²) in [6.07, 6.45) is -8.75. The second-order valence-electron chi connectivity index (χ2n) is 8.41. The summed E-state index contributed by atoms with van der Waals surface area (Å²) in [5, 5.41) is 11.3. The molecule has 0 aliphatic carbocycles. The van der Waals surface area contributed by atoms with Crippen LogP contribution < -0.4 is 9.80 Å². The fraction of sp³-hybridized carbons (Fsp3) is 0.280. The van der Waals surface area contributed by atoms with Crippen molar-refractivity contribution < 1.29 is 31.3 Å². The minimum atomic E-state index is -4.38. The molecule has 0 N–H and O–H groups in total. The van der Waals surface area contributed by atoms with Crippen molar-refractivity contribution in [2.75, 3.05) is 37.0 Å². The van der Waals surface area contributed by atoms with Gasteiger partial charge in [0.2, 0.25) is 0 Å². The lowest BCUT2D eigenvalue weighted by atomic mass is 9.85. The van der Waals surface area contributed by atoms with E-state index >= 15 is 0 Å². The van der Waals surface area contributed by atoms with Crippen molar-refractivity contribution in [2.45, 2.75) is 18.3 Å². The number of benzene rings is 3. The lowest BCUT2D eigenvalue weighted by Gasteiger charge is -2.24. The average Bonchev–Trinajstić information content (AvgIpc) is 2.78. The van der Waals surface area contributed by atoms with Gasteiger partial charge in [0.1, 0.15) is 13.1 Å². The van der Waals surface area contributed by atoms with Crippen molar-refractivity contribution in [3.8, 4) is 0 Å². The predicted octanol–water partition coefficient (Wildman–Crippen LogP) is 6.77. The molecule has 0 heterocycles. The van der Waals surface area contributed by atoms with E-state index in [1.807, 2.05) is 0 Å². The van der Waals surface area contributed by atoms with Gasteiger partial charge in [-0.2, -0.15) is 26.3 Å². The molecule has 3 aromatic carbocycles. The van der Waals surface area contributed by atoms with E-state index in [9.17, 15) is 36.5 Å². The zero-order valence-electron chi connectivity index (χ0n) is 19.3. The van der Waals surface area contributed by atoms with E-state index in [-0.39, 0.29) is 5.69 Å². The summed E-state index contributed by atoms with van der Waals surface area (Å²) in [5.74, 6) is -0.547.